The zero-order chi connectivity index (χ0) is 12.1. The fraction of sp³-hybridized carbons (Fsp3) is 0.364. The molecule has 1 aromatic carbocycles. The van der Waals surface area contributed by atoms with E-state index in [1.807, 2.05) is 6.92 Å². The van der Waals surface area contributed by atoms with E-state index >= 15 is 0 Å². The number of halogens is 1. The summed E-state index contributed by atoms with van der Waals surface area (Å²) < 4.78 is 13.1. The molecule has 88 valence electrons. The number of hydrogen-bond acceptors (Lipinski definition) is 3. The number of hydrogen-bond donors (Lipinski definition) is 2. The van der Waals surface area contributed by atoms with Crippen LogP contribution >= 0.6 is 0 Å². The van der Waals surface area contributed by atoms with Crippen LogP contribution in [0.2, 0.25) is 0 Å². The first-order valence-corrected chi connectivity index (χ1v) is 5.08. The molecule has 0 aliphatic heterocycles. The van der Waals surface area contributed by atoms with Gasteiger partial charge < -0.3 is 16.0 Å². The van der Waals surface area contributed by atoms with Crippen LogP contribution in [0, 0.1) is 5.82 Å². The Hall–Kier alpha value is -1.78. The molecule has 3 N–H and O–H groups in total. The van der Waals surface area contributed by atoms with Crippen LogP contribution in [0.15, 0.2) is 18.2 Å². The molecule has 1 amide bonds. The van der Waals surface area contributed by atoms with Crippen molar-refractivity contribution in [3.8, 4) is 0 Å². The smallest absolute Gasteiger partial charge is 0.241 e. The molecular formula is C11H16FN3O. The molecule has 1 aromatic rings. The maximum atomic E-state index is 13.1. The topological polar surface area (TPSA) is 58.4 Å². The Morgan fingerprint density at radius 2 is 2.25 bits per heavy atom. The summed E-state index contributed by atoms with van der Waals surface area (Å²) >= 11 is 0. The number of nitrogens with two attached hydrogens (primary N) is 1. The highest BCUT2D eigenvalue weighted by Crippen LogP contribution is 2.20. The largest absolute Gasteiger partial charge is 0.395 e. The van der Waals surface area contributed by atoms with Crippen LogP contribution in [-0.2, 0) is 4.79 Å². The second-order valence-corrected chi connectivity index (χ2v) is 3.46. The number of nitrogen functional groups attached to an aromatic ring is 1. The minimum absolute atomic E-state index is 0.0365. The van der Waals surface area contributed by atoms with Gasteiger partial charge in [-0.05, 0) is 19.1 Å². The number of anilines is 2. The molecule has 0 spiro atoms. The molecule has 0 fully saturated rings. The van der Waals surface area contributed by atoms with E-state index in [1.165, 1.54) is 6.07 Å². The molecule has 4 nitrogen and oxygen atoms in total. The zero-order valence-electron chi connectivity index (χ0n) is 9.46. The van der Waals surface area contributed by atoms with Crippen LogP contribution in [0.5, 0.6) is 0 Å². The summed E-state index contributed by atoms with van der Waals surface area (Å²) in [5, 5.41) is 2.81. The second kappa shape index (κ2) is 5.34. The molecule has 16 heavy (non-hydrogen) atoms. The molecule has 0 heterocycles. The van der Waals surface area contributed by atoms with Gasteiger partial charge in [0.05, 0.1) is 17.9 Å². The summed E-state index contributed by atoms with van der Waals surface area (Å²) in [4.78, 5) is 13.0. The molecule has 0 aliphatic rings. The summed E-state index contributed by atoms with van der Waals surface area (Å²) in [6.45, 7) is 2.63. The van der Waals surface area contributed by atoms with Crippen LogP contribution in [0.3, 0.4) is 0 Å². The van der Waals surface area contributed by atoms with Crippen molar-refractivity contribution in [1.29, 1.82) is 0 Å². The second-order valence-electron chi connectivity index (χ2n) is 3.46. The molecule has 0 atom stereocenters. The molecule has 0 bridgehead atoms. The van der Waals surface area contributed by atoms with Crippen molar-refractivity contribution in [1.82, 2.24) is 4.90 Å². The van der Waals surface area contributed by atoms with Gasteiger partial charge in [0.15, 0.2) is 0 Å². The normalized spacial score (nSPS) is 9.94. The quantitative estimate of drug-likeness (QED) is 0.759. The first-order chi connectivity index (χ1) is 7.56. The van der Waals surface area contributed by atoms with E-state index in [0.717, 1.165) is 0 Å². The molecule has 0 aliphatic carbocycles. The Morgan fingerprint density at radius 1 is 1.56 bits per heavy atom. The predicted molar refractivity (Wildman–Crippen MR) is 62.6 cm³/mol. The molecule has 0 saturated carbocycles. The number of amides is 1. The van der Waals surface area contributed by atoms with Gasteiger partial charge in [0, 0.05) is 13.6 Å². The minimum atomic E-state index is -0.485. The van der Waals surface area contributed by atoms with Crippen LogP contribution in [-0.4, -0.2) is 30.9 Å². The van der Waals surface area contributed by atoms with Gasteiger partial charge in [-0.15, -0.1) is 0 Å². The van der Waals surface area contributed by atoms with Crippen molar-refractivity contribution < 1.29 is 9.18 Å². The van der Waals surface area contributed by atoms with Crippen LogP contribution in [0.4, 0.5) is 15.8 Å². The predicted octanol–water partition coefficient (Wildman–Crippen LogP) is 1.30. The number of carbonyl (C=O) groups is 1. The van der Waals surface area contributed by atoms with Gasteiger partial charge in [0.25, 0.3) is 0 Å². The number of likely N-dealkylation sites (N-methyl/N-ethyl adjacent to an activating group) is 1. The van der Waals surface area contributed by atoms with Crippen molar-refractivity contribution >= 4 is 17.3 Å². The summed E-state index contributed by atoms with van der Waals surface area (Å²) in [6.07, 6.45) is 0. The monoisotopic (exact) mass is 225 g/mol. The third-order valence-electron chi connectivity index (χ3n) is 2.38. The Labute approximate surface area is 94.2 Å². The first-order valence-electron chi connectivity index (χ1n) is 5.08. The highest BCUT2D eigenvalue weighted by molar-refractivity contribution is 5.82. The molecule has 0 saturated heterocycles. The van der Waals surface area contributed by atoms with Crippen LogP contribution < -0.4 is 11.1 Å². The van der Waals surface area contributed by atoms with Gasteiger partial charge >= 0.3 is 0 Å². The van der Waals surface area contributed by atoms with E-state index in [9.17, 15) is 9.18 Å². The molecular weight excluding hydrogens is 209 g/mol. The molecule has 0 unspecified atom stereocenters. The average molecular weight is 225 g/mol. The number of nitrogens with zero attached hydrogens (tertiary/aromatic N) is 1. The lowest BCUT2D eigenvalue weighted by Crippen LogP contribution is -2.32. The van der Waals surface area contributed by atoms with E-state index in [1.54, 1.807) is 24.1 Å². The highest BCUT2D eigenvalue weighted by atomic mass is 19.1. The van der Waals surface area contributed by atoms with E-state index in [0.29, 0.717) is 12.2 Å². The van der Waals surface area contributed by atoms with Crippen molar-refractivity contribution in [2.75, 3.05) is 31.2 Å². The molecule has 1 rings (SSSR count). The van der Waals surface area contributed by atoms with Crippen molar-refractivity contribution in [2.45, 2.75) is 6.92 Å². The number of rotatable bonds is 4. The standard InChI is InChI=1S/C11H16FN3O/c1-3-15(2)10(16)7-14-9-6-4-5-8(12)11(9)13/h4-6,14H,3,7,13H2,1-2H3. The lowest BCUT2D eigenvalue weighted by atomic mass is 10.2. The van der Waals surface area contributed by atoms with E-state index < -0.39 is 5.82 Å². The molecule has 0 aromatic heterocycles. The van der Waals surface area contributed by atoms with Crippen LogP contribution in [0.1, 0.15) is 6.92 Å². The first kappa shape index (κ1) is 12.3. The Bertz CT molecular complexity index is 381. The number of carbonyl (C=O) groups excluding carboxylic acids is 1. The number of nitrogens with one attached hydrogen (secondary N) is 1. The Morgan fingerprint density at radius 3 is 2.88 bits per heavy atom. The van der Waals surface area contributed by atoms with E-state index in [2.05, 4.69) is 5.32 Å². The third-order valence-corrected chi connectivity index (χ3v) is 2.38. The highest BCUT2D eigenvalue weighted by Gasteiger charge is 2.08. The van der Waals surface area contributed by atoms with Gasteiger partial charge in [-0.3, -0.25) is 4.79 Å². The Kier molecular flexibility index (Phi) is 4.10. The fourth-order valence-corrected chi connectivity index (χ4v) is 1.17. The lowest BCUT2D eigenvalue weighted by molar-refractivity contribution is -0.127. The number of para-hydroxylation sites is 1. The summed E-state index contributed by atoms with van der Waals surface area (Å²) in [5.74, 6) is -0.549. The van der Waals surface area contributed by atoms with Gasteiger partial charge in [-0.25, -0.2) is 4.39 Å². The van der Waals surface area contributed by atoms with Crippen molar-refractivity contribution in [2.24, 2.45) is 0 Å². The van der Waals surface area contributed by atoms with Crippen molar-refractivity contribution in [3.63, 3.8) is 0 Å². The fourth-order valence-electron chi connectivity index (χ4n) is 1.17. The average Bonchev–Trinajstić information content (AvgIpc) is 2.29. The van der Waals surface area contributed by atoms with Crippen molar-refractivity contribution in [3.05, 3.63) is 24.0 Å². The van der Waals surface area contributed by atoms with Gasteiger partial charge in [0.1, 0.15) is 5.82 Å². The van der Waals surface area contributed by atoms with Crippen LogP contribution in [0.25, 0.3) is 0 Å². The van der Waals surface area contributed by atoms with Gasteiger partial charge in [-0.2, -0.15) is 0 Å². The number of benzene rings is 1. The van der Waals surface area contributed by atoms with Gasteiger partial charge in [-0.1, -0.05) is 6.07 Å². The Balaban J connectivity index is 2.61. The lowest BCUT2D eigenvalue weighted by Gasteiger charge is -2.16. The zero-order valence-corrected chi connectivity index (χ0v) is 9.46. The van der Waals surface area contributed by atoms with Gasteiger partial charge in [0.2, 0.25) is 5.91 Å². The summed E-state index contributed by atoms with van der Waals surface area (Å²) in [7, 11) is 1.71. The van der Waals surface area contributed by atoms with E-state index in [-0.39, 0.29) is 18.1 Å². The third kappa shape index (κ3) is 2.85. The summed E-state index contributed by atoms with van der Waals surface area (Å²) in [5.41, 5.74) is 5.99. The molecule has 0 radical (unpaired) electrons. The maximum absolute atomic E-state index is 13.1. The SMILES string of the molecule is CCN(C)C(=O)CNc1cccc(F)c1N. The maximum Gasteiger partial charge on any atom is 0.241 e. The summed E-state index contributed by atoms with van der Waals surface area (Å²) in [6, 6.07) is 4.46. The van der Waals surface area contributed by atoms with E-state index in [4.69, 9.17) is 5.73 Å². The molecule has 5 heteroatoms. The minimum Gasteiger partial charge on any atom is -0.395 e.